The number of carbonyl (C=O) groups excluding carboxylic acids is 1. The summed E-state index contributed by atoms with van der Waals surface area (Å²) in [6.45, 7) is 4.88. The maximum Gasteiger partial charge on any atom is 0.225 e. The lowest BCUT2D eigenvalue weighted by Gasteiger charge is -2.22. The van der Waals surface area contributed by atoms with E-state index >= 15 is 0 Å². The first-order valence-electron chi connectivity index (χ1n) is 6.72. The number of ether oxygens (including phenoxy) is 1. The third kappa shape index (κ3) is 6.31. The summed E-state index contributed by atoms with van der Waals surface area (Å²) in [6, 6.07) is 3.85. The molecule has 0 aliphatic heterocycles. The van der Waals surface area contributed by atoms with Crippen LogP contribution in [0.1, 0.15) is 25.3 Å². The van der Waals surface area contributed by atoms with Gasteiger partial charge in [-0.05, 0) is 31.5 Å². The van der Waals surface area contributed by atoms with Crippen LogP contribution in [-0.4, -0.2) is 42.1 Å². The molecule has 0 saturated heterocycles. The van der Waals surface area contributed by atoms with Crippen LogP contribution in [0.15, 0.2) is 24.5 Å². The predicted molar refractivity (Wildman–Crippen MR) is 74.4 cm³/mol. The lowest BCUT2D eigenvalue weighted by Crippen LogP contribution is -2.33. The van der Waals surface area contributed by atoms with Crippen LogP contribution in [0.3, 0.4) is 0 Å². The zero-order valence-electron chi connectivity index (χ0n) is 11.5. The third-order valence-electron chi connectivity index (χ3n) is 2.75. The molecule has 0 atom stereocenters. The minimum Gasteiger partial charge on any atom is -0.381 e. The fraction of sp³-hybridized carbons (Fsp3) is 0.571. The Morgan fingerprint density at radius 3 is 3.00 bits per heavy atom. The highest BCUT2D eigenvalue weighted by atomic mass is 16.5. The summed E-state index contributed by atoms with van der Waals surface area (Å²) in [4.78, 5) is 18.0. The van der Waals surface area contributed by atoms with Crippen LogP contribution in [0.2, 0.25) is 0 Å². The first-order valence-corrected chi connectivity index (χ1v) is 6.72. The molecule has 0 bridgehead atoms. The molecule has 106 valence electrons. The van der Waals surface area contributed by atoms with Gasteiger partial charge in [0.2, 0.25) is 5.91 Å². The molecule has 0 spiro atoms. The second-order valence-electron chi connectivity index (χ2n) is 4.27. The summed E-state index contributed by atoms with van der Waals surface area (Å²) in [6.07, 6.45) is 4.73. The molecular formula is C14H23N3O2. The summed E-state index contributed by atoms with van der Waals surface area (Å²) in [5.41, 5.74) is 6.55. The van der Waals surface area contributed by atoms with Crippen molar-refractivity contribution < 1.29 is 9.53 Å². The molecule has 2 N–H and O–H groups in total. The molecule has 5 heteroatoms. The van der Waals surface area contributed by atoms with Gasteiger partial charge >= 0.3 is 0 Å². The van der Waals surface area contributed by atoms with Crippen molar-refractivity contribution in [1.29, 1.82) is 0 Å². The summed E-state index contributed by atoms with van der Waals surface area (Å²) >= 11 is 0. The van der Waals surface area contributed by atoms with Gasteiger partial charge in [0, 0.05) is 32.1 Å². The molecule has 19 heavy (non-hydrogen) atoms. The van der Waals surface area contributed by atoms with E-state index < -0.39 is 0 Å². The van der Waals surface area contributed by atoms with Gasteiger partial charge in [-0.25, -0.2) is 0 Å². The number of hydrogen-bond acceptors (Lipinski definition) is 4. The smallest absolute Gasteiger partial charge is 0.225 e. The van der Waals surface area contributed by atoms with E-state index in [1.165, 1.54) is 0 Å². The Balaban J connectivity index is 2.53. The van der Waals surface area contributed by atoms with Crippen molar-refractivity contribution in [2.24, 2.45) is 5.73 Å². The van der Waals surface area contributed by atoms with Gasteiger partial charge in [-0.2, -0.15) is 0 Å². The Kier molecular flexibility index (Phi) is 7.77. The summed E-state index contributed by atoms with van der Waals surface area (Å²) in [5.74, 6) is 0.103. The number of nitrogens with two attached hydrogens (primary N) is 1. The fourth-order valence-corrected chi connectivity index (χ4v) is 1.75. The van der Waals surface area contributed by atoms with Crippen molar-refractivity contribution in [2.45, 2.75) is 26.3 Å². The number of hydrogen-bond donors (Lipinski definition) is 1. The predicted octanol–water partition coefficient (Wildman–Crippen LogP) is 1.19. The topological polar surface area (TPSA) is 68.5 Å². The second kappa shape index (κ2) is 9.47. The van der Waals surface area contributed by atoms with E-state index in [1.54, 1.807) is 12.4 Å². The molecule has 1 aromatic heterocycles. The lowest BCUT2D eigenvalue weighted by atomic mass is 10.2. The van der Waals surface area contributed by atoms with Crippen LogP contribution in [-0.2, 0) is 16.1 Å². The monoisotopic (exact) mass is 265 g/mol. The number of pyridine rings is 1. The van der Waals surface area contributed by atoms with Gasteiger partial charge in [0.05, 0.1) is 13.0 Å². The number of nitrogens with zero attached hydrogens (tertiary/aromatic N) is 2. The maximum absolute atomic E-state index is 12.1. The minimum atomic E-state index is 0.103. The zero-order chi connectivity index (χ0) is 13.9. The molecule has 0 aliphatic carbocycles. The number of amides is 1. The molecule has 1 rings (SSSR count). The summed E-state index contributed by atoms with van der Waals surface area (Å²) in [5, 5.41) is 0. The molecule has 0 fully saturated rings. The standard InChI is InChI=1S/C14H23N3O2/c1-2-19-10-6-14(18)17(9-4-7-15)12-13-5-3-8-16-11-13/h3,5,8,11H,2,4,6-7,9-10,12,15H2,1H3. The van der Waals surface area contributed by atoms with E-state index in [4.69, 9.17) is 10.5 Å². The normalized spacial score (nSPS) is 10.4. The first-order chi connectivity index (χ1) is 9.27. The third-order valence-corrected chi connectivity index (χ3v) is 2.75. The van der Waals surface area contributed by atoms with Crippen molar-refractivity contribution >= 4 is 5.91 Å². The molecule has 1 aromatic rings. The molecular weight excluding hydrogens is 242 g/mol. The van der Waals surface area contributed by atoms with Gasteiger partial charge in [0.15, 0.2) is 0 Å². The van der Waals surface area contributed by atoms with Gasteiger partial charge in [-0.1, -0.05) is 6.07 Å². The van der Waals surface area contributed by atoms with Gasteiger partial charge in [-0.15, -0.1) is 0 Å². The average molecular weight is 265 g/mol. The van der Waals surface area contributed by atoms with E-state index in [1.807, 2.05) is 24.0 Å². The number of carbonyl (C=O) groups is 1. The molecule has 0 unspecified atom stereocenters. The molecule has 0 radical (unpaired) electrons. The second-order valence-corrected chi connectivity index (χ2v) is 4.27. The van der Waals surface area contributed by atoms with Crippen LogP contribution < -0.4 is 5.73 Å². The molecule has 0 saturated carbocycles. The first kappa shape index (κ1) is 15.6. The zero-order valence-corrected chi connectivity index (χ0v) is 11.5. The summed E-state index contributed by atoms with van der Waals surface area (Å²) in [7, 11) is 0. The molecule has 1 heterocycles. The summed E-state index contributed by atoms with van der Waals surface area (Å²) < 4.78 is 5.22. The highest BCUT2D eigenvalue weighted by molar-refractivity contribution is 5.76. The quantitative estimate of drug-likeness (QED) is 0.681. The van der Waals surface area contributed by atoms with Crippen LogP contribution >= 0.6 is 0 Å². The average Bonchev–Trinajstić information content (AvgIpc) is 2.44. The molecule has 0 aromatic carbocycles. The maximum atomic E-state index is 12.1. The Morgan fingerprint density at radius 1 is 1.53 bits per heavy atom. The van der Waals surface area contributed by atoms with Crippen molar-refractivity contribution in [1.82, 2.24) is 9.88 Å². The van der Waals surface area contributed by atoms with Crippen molar-refractivity contribution in [2.75, 3.05) is 26.3 Å². The largest absolute Gasteiger partial charge is 0.381 e. The Labute approximate surface area is 114 Å². The Hall–Kier alpha value is -1.46. The van der Waals surface area contributed by atoms with E-state index in [9.17, 15) is 4.79 Å². The highest BCUT2D eigenvalue weighted by Gasteiger charge is 2.13. The van der Waals surface area contributed by atoms with Crippen LogP contribution in [0.4, 0.5) is 0 Å². The minimum absolute atomic E-state index is 0.103. The van der Waals surface area contributed by atoms with Crippen LogP contribution in [0.5, 0.6) is 0 Å². The van der Waals surface area contributed by atoms with Gasteiger partial charge < -0.3 is 15.4 Å². The van der Waals surface area contributed by atoms with E-state index in [-0.39, 0.29) is 5.91 Å². The van der Waals surface area contributed by atoms with Gasteiger partial charge in [-0.3, -0.25) is 9.78 Å². The number of rotatable bonds is 9. The Morgan fingerprint density at radius 2 is 2.37 bits per heavy atom. The molecule has 1 amide bonds. The number of aromatic nitrogens is 1. The lowest BCUT2D eigenvalue weighted by molar-refractivity contribution is -0.133. The fourth-order valence-electron chi connectivity index (χ4n) is 1.75. The SMILES string of the molecule is CCOCCC(=O)N(CCCN)Cc1cccnc1. The Bertz CT molecular complexity index is 357. The van der Waals surface area contributed by atoms with Gasteiger partial charge in [0.1, 0.15) is 0 Å². The van der Waals surface area contributed by atoms with E-state index in [0.29, 0.717) is 39.3 Å². The van der Waals surface area contributed by atoms with Crippen molar-refractivity contribution in [3.8, 4) is 0 Å². The van der Waals surface area contributed by atoms with Crippen molar-refractivity contribution in [3.05, 3.63) is 30.1 Å². The van der Waals surface area contributed by atoms with Crippen LogP contribution in [0, 0.1) is 0 Å². The van der Waals surface area contributed by atoms with Crippen LogP contribution in [0.25, 0.3) is 0 Å². The van der Waals surface area contributed by atoms with E-state index in [0.717, 1.165) is 12.0 Å². The highest BCUT2D eigenvalue weighted by Crippen LogP contribution is 2.06. The molecule has 0 aliphatic rings. The van der Waals surface area contributed by atoms with Crippen molar-refractivity contribution in [3.63, 3.8) is 0 Å². The van der Waals surface area contributed by atoms with Gasteiger partial charge in [0.25, 0.3) is 0 Å². The molecule has 5 nitrogen and oxygen atoms in total. The van der Waals surface area contributed by atoms with E-state index in [2.05, 4.69) is 4.98 Å².